The van der Waals surface area contributed by atoms with Crippen molar-refractivity contribution in [3.63, 3.8) is 0 Å². The molecule has 1 rings (SSSR count). The van der Waals surface area contributed by atoms with Gasteiger partial charge in [-0.2, -0.15) is 0 Å². The molecule has 0 spiro atoms. The first kappa shape index (κ1) is 12.5. The molecule has 0 aliphatic heterocycles. The Hall–Kier alpha value is 1.41. The van der Waals surface area contributed by atoms with Crippen LogP contribution in [0.5, 0.6) is 0 Å². The molecule has 0 atom stereocenters. The van der Waals surface area contributed by atoms with Crippen LogP contribution >= 0.6 is 67.8 Å². The second kappa shape index (κ2) is 6.09. The van der Waals surface area contributed by atoms with E-state index in [4.69, 9.17) is 0 Å². The number of hydrogen-bond acceptors (Lipinski definition) is 0. The van der Waals surface area contributed by atoms with Gasteiger partial charge in [0.1, 0.15) is 0 Å². The van der Waals surface area contributed by atoms with Crippen LogP contribution in [-0.4, -0.2) is 0 Å². The molecule has 0 unspecified atom stereocenters. The Morgan fingerprint density at radius 3 is 2.23 bits per heavy atom. The molecule has 0 N–H and O–H groups in total. The van der Waals surface area contributed by atoms with Gasteiger partial charge in [-0.3, -0.25) is 0 Å². The molecule has 72 valence electrons. The summed E-state index contributed by atoms with van der Waals surface area (Å²) in [6, 6.07) is 4.59. The van der Waals surface area contributed by atoms with E-state index in [2.05, 4.69) is 86.8 Å². The van der Waals surface area contributed by atoms with E-state index in [9.17, 15) is 0 Å². The van der Waals surface area contributed by atoms with Gasteiger partial charge in [-0.15, -0.1) is 0 Å². The maximum absolute atomic E-state index is 2.43. The first-order valence-corrected chi connectivity index (χ1v) is 7.52. The molecular weight excluding hydrogens is 501 g/mol. The Labute approximate surface area is 121 Å². The van der Waals surface area contributed by atoms with E-state index in [-0.39, 0.29) is 0 Å². The lowest BCUT2D eigenvalue weighted by atomic mass is 10.1. The normalized spacial score (nSPS) is 10.5. The fraction of sp³-hybridized carbons (Fsp3) is 0.400. The van der Waals surface area contributed by atoms with Gasteiger partial charge < -0.3 is 0 Å². The van der Waals surface area contributed by atoms with Gasteiger partial charge >= 0.3 is 0 Å². The molecule has 13 heavy (non-hydrogen) atoms. The zero-order valence-electron chi connectivity index (χ0n) is 7.41. The van der Waals surface area contributed by atoms with Crippen LogP contribution in [0.4, 0.5) is 0 Å². The Balaban J connectivity index is 2.88. The summed E-state index contributed by atoms with van der Waals surface area (Å²) in [4.78, 5) is 0. The first-order valence-electron chi connectivity index (χ1n) is 4.28. The van der Waals surface area contributed by atoms with Crippen molar-refractivity contribution in [1.82, 2.24) is 0 Å². The third-order valence-electron chi connectivity index (χ3n) is 1.89. The highest BCUT2D eigenvalue weighted by Crippen LogP contribution is 2.23. The second-order valence-corrected chi connectivity index (χ2v) is 6.45. The summed E-state index contributed by atoms with van der Waals surface area (Å²) in [6.07, 6.45) is 3.80. The van der Waals surface area contributed by atoms with Crippen molar-refractivity contribution in [2.45, 2.75) is 26.2 Å². The van der Waals surface area contributed by atoms with Crippen LogP contribution in [-0.2, 0) is 6.42 Å². The molecule has 0 nitrogen and oxygen atoms in total. The number of unbranched alkanes of at least 4 members (excludes halogenated alkanes) is 1. The van der Waals surface area contributed by atoms with Crippen LogP contribution < -0.4 is 0 Å². The SMILES string of the molecule is CCCCc1cc(I)c(I)cc1I. The van der Waals surface area contributed by atoms with Crippen LogP contribution in [0.15, 0.2) is 12.1 Å². The fourth-order valence-corrected chi connectivity index (χ4v) is 3.45. The monoisotopic (exact) mass is 512 g/mol. The Morgan fingerprint density at radius 1 is 1.00 bits per heavy atom. The summed E-state index contributed by atoms with van der Waals surface area (Å²) < 4.78 is 4.16. The van der Waals surface area contributed by atoms with Gasteiger partial charge in [-0.05, 0) is 98.3 Å². The van der Waals surface area contributed by atoms with E-state index in [0.717, 1.165) is 0 Å². The summed E-state index contributed by atoms with van der Waals surface area (Å²) in [5.74, 6) is 0. The third kappa shape index (κ3) is 3.81. The van der Waals surface area contributed by atoms with Gasteiger partial charge in [0.2, 0.25) is 0 Å². The summed E-state index contributed by atoms with van der Waals surface area (Å²) >= 11 is 7.23. The van der Waals surface area contributed by atoms with Crippen molar-refractivity contribution in [2.75, 3.05) is 0 Å². The Kier molecular flexibility index (Phi) is 5.85. The fourth-order valence-electron chi connectivity index (χ4n) is 1.12. The molecule has 0 radical (unpaired) electrons. The highest BCUT2D eigenvalue weighted by Gasteiger charge is 2.03. The minimum absolute atomic E-state index is 1.22. The average molecular weight is 512 g/mol. The molecule has 0 fully saturated rings. The molecule has 0 aliphatic carbocycles. The molecule has 1 aromatic carbocycles. The summed E-state index contributed by atoms with van der Waals surface area (Å²) in [7, 11) is 0. The van der Waals surface area contributed by atoms with Crippen molar-refractivity contribution in [3.8, 4) is 0 Å². The van der Waals surface area contributed by atoms with Crippen LogP contribution in [0.2, 0.25) is 0 Å². The van der Waals surface area contributed by atoms with Crippen LogP contribution in [0.1, 0.15) is 25.3 Å². The number of hydrogen-bond donors (Lipinski definition) is 0. The number of rotatable bonds is 3. The maximum atomic E-state index is 2.43. The van der Waals surface area contributed by atoms with Gasteiger partial charge in [0.05, 0.1) is 0 Å². The van der Waals surface area contributed by atoms with Gasteiger partial charge in [0.15, 0.2) is 0 Å². The molecule has 0 amide bonds. The number of benzene rings is 1. The third-order valence-corrected chi connectivity index (χ3v) is 5.71. The minimum Gasteiger partial charge on any atom is -0.0654 e. The van der Waals surface area contributed by atoms with E-state index in [1.54, 1.807) is 0 Å². The minimum atomic E-state index is 1.22. The van der Waals surface area contributed by atoms with Gasteiger partial charge in [-0.25, -0.2) is 0 Å². The lowest BCUT2D eigenvalue weighted by Gasteiger charge is -2.06. The molecule has 0 saturated carbocycles. The molecule has 0 aromatic heterocycles. The van der Waals surface area contributed by atoms with E-state index in [1.807, 2.05) is 0 Å². The van der Waals surface area contributed by atoms with Crippen molar-refractivity contribution >= 4 is 67.8 Å². The predicted octanol–water partition coefficient (Wildman–Crippen LogP) is 4.84. The van der Waals surface area contributed by atoms with Crippen molar-refractivity contribution < 1.29 is 0 Å². The van der Waals surface area contributed by atoms with Crippen LogP contribution in [0, 0.1) is 10.7 Å². The van der Waals surface area contributed by atoms with E-state index < -0.39 is 0 Å². The number of halogens is 3. The van der Waals surface area contributed by atoms with E-state index in [0.29, 0.717) is 0 Å². The van der Waals surface area contributed by atoms with Gasteiger partial charge in [-0.1, -0.05) is 13.3 Å². The zero-order valence-corrected chi connectivity index (χ0v) is 13.9. The maximum Gasteiger partial charge on any atom is 0.0274 e. The summed E-state index contributed by atoms with van der Waals surface area (Å²) in [5, 5.41) is 0. The average Bonchev–Trinajstić information content (AvgIpc) is 2.09. The predicted molar refractivity (Wildman–Crippen MR) is 83.2 cm³/mol. The standard InChI is InChI=1S/C10H11I3/c1-2-3-4-7-5-9(12)10(13)6-8(7)11/h5-6H,2-4H2,1H3. The Bertz CT molecular complexity index is 294. The van der Waals surface area contributed by atoms with Crippen LogP contribution in [0.3, 0.4) is 0 Å². The Morgan fingerprint density at radius 2 is 1.62 bits per heavy atom. The quantitative estimate of drug-likeness (QED) is 0.402. The largest absolute Gasteiger partial charge is 0.0654 e. The number of aryl methyl sites for hydroxylation is 1. The smallest absolute Gasteiger partial charge is 0.0274 e. The van der Waals surface area contributed by atoms with Crippen molar-refractivity contribution in [3.05, 3.63) is 28.4 Å². The van der Waals surface area contributed by atoms with Crippen LogP contribution in [0.25, 0.3) is 0 Å². The van der Waals surface area contributed by atoms with Gasteiger partial charge in [0.25, 0.3) is 0 Å². The van der Waals surface area contributed by atoms with Crippen molar-refractivity contribution in [2.24, 2.45) is 0 Å². The van der Waals surface area contributed by atoms with Gasteiger partial charge in [0, 0.05) is 10.7 Å². The molecule has 1 aromatic rings. The molecule has 0 heterocycles. The molecule has 0 aliphatic rings. The molecule has 0 saturated heterocycles. The highest BCUT2D eigenvalue weighted by molar-refractivity contribution is 14.1. The van der Waals surface area contributed by atoms with E-state index >= 15 is 0 Å². The zero-order chi connectivity index (χ0) is 9.84. The topological polar surface area (TPSA) is 0 Å². The lowest BCUT2D eigenvalue weighted by Crippen LogP contribution is -1.92. The molecule has 3 heteroatoms. The lowest BCUT2D eigenvalue weighted by molar-refractivity contribution is 0.792. The second-order valence-electron chi connectivity index (χ2n) is 2.96. The molecule has 0 bridgehead atoms. The molecular formula is C10H11I3. The summed E-state index contributed by atoms with van der Waals surface area (Å²) in [6.45, 7) is 2.24. The summed E-state index contributed by atoms with van der Waals surface area (Å²) in [5.41, 5.74) is 1.51. The first-order chi connectivity index (χ1) is 6.15. The van der Waals surface area contributed by atoms with E-state index in [1.165, 1.54) is 35.5 Å². The van der Waals surface area contributed by atoms with Crippen molar-refractivity contribution in [1.29, 1.82) is 0 Å². The highest BCUT2D eigenvalue weighted by atomic mass is 127.